The molecule has 170 valence electrons. The molecule has 7 heteroatoms. The third-order valence-electron chi connectivity index (χ3n) is 7.16. The molecule has 2 fully saturated rings. The number of benzene rings is 1. The molecule has 1 atom stereocenters. The number of imidazole rings is 1. The normalized spacial score (nSPS) is 19.6. The number of aryl methyl sites for hydroxylation is 1. The second-order valence-corrected chi connectivity index (χ2v) is 9.16. The van der Waals surface area contributed by atoms with Crippen molar-refractivity contribution in [1.29, 1.82) is 0 Å². The van der Waals surface area contributed by atoms with Gasteiger partial charge in [0.15, 0.2) is 5.65 Å². The maximum absolute atomic E-state index is 13.0. The van der Waals surface area contributed by atoms with E-state index in [-0.39, 0.29) is 12.0 Å². The number of fused-ring (bicyclic) bond motifs is 2. The van der Waals surface area contributed by atoms with E-state index in [0.29, 0.717) is 12.5 Å². The predicted molar refractivity (Wildman–Crippen MR) is 127 cm³/mol. The van der Waals surface area contributed by atoms with Gasteiger partial charge in [-0.1, -0.05) is 18.2 Å². The smallest absolute Gasteiger partial charge is 0.222 e. The maximum Gasteiger partial charge on any atom is 0.222 e. The molecule has 7 nitrogen and oxygen atoms in total. The molecule has 3 aromatic heterocycles. The van der Waals surface area contributed by atoms with Gasteiger partial charge >= 0.3 is 0 Å². The second-order valence-electron chi connectivity index (χ2n) is 9.16. The third kappa shape index (κ3) is 3.80. The fraction of sp³-hybridized carbons (Fsp3) is 0.423. The highest BCUT2D eigenvalue weighted by atomic mass is 16.5. The van der Waals surface area contributed by atoms with Gasteiger partial charge in [0.1, 0.15) is 17.4 Å². The second kappa shape index (κ2) is 8.63. The van der Waals surface area contributed by atoms with Gasteiger partial charge < -0.3 is 19.2 Å². The topological polar surface area (TPSA) is 76.0 Å². The van der Waals surface area contributed by atoms with E-state index < -0.39 is 0 Å². The van der Waals surface area contributed by atoms with Gasteiger partial charge in [0.05, 0.1) is 0 Å². The van der Waals surface area contributed by atoms with Gasteiger partial charge in [-0.25, -0.2) is 9.97 Å². The van der Waals surface area contributed by atoms with Crippen molar-refractivity contribution in [3.8, 4) is 0 Å². The van der Waals surface area contributed by atoms with Gasteiger partial charge in [-0.05, 0) is 55.9 Å². The molecule has 33 heavy (non-hydrogen) atoms. The van der Waals surface area contributed by atoms with E-state index in [0.717, 1.165) is 74.3 Å². The van der Waals surface area contributed by atoms with Crippen LogP contribution >= 0.6 is 0 Å². The number of piperidine rings is 1. The molecular formula is C26H29N5O2. The lowest BCUT2D eigenvalue weighted by Gasteiger charge is -2.34. The van der Waals surface area contributed by atoms with Crippen LogP contribution in [0.3, 0.4) is 0 Å². The Bertz CT molecular complexity index is 1280. The Labute approximate surface area is 192 Å². The van der Waals surface area contributed by atoms with Crippen molar-refractivity contribution in [2.45, 2.75) is 50.7 Å². The molecule has 1 amide bonds. The van der Waals surface area contributed by atoms with Crippen molar-refractivity contribution in [2.75, 3.05) is 19.7 Å². The number of rotatable bonds is 5. The van der Waals surface area contributed by atoms with Crippen LogP contribution in [0.25, 0.3) is 22.1 Å². The quantitative estimate of drug-likeness (QED) is 0.491. The number of hydrogen-bond acceptors (Lipinski definition) is 4. The van der Waals surface area contributed by atoms with E-state index in [1.165, 1.54) is 10.9 Å². The first-order valence-corrected chi connectivity index (χ1v) is 12.0. The van der Waals surface area contributed by atoms with Crippen LogP contribution in [0.1, 0.15) is 55.6 Å². The molecule has 0 aliphatic carbocycles. The number of pyridine rings is 1. The molecule has 0 bridgehead atoms. The molecule has 0 radical (unpaired) electrons. The molecule has 4 aromatic rings. The number of amides is 1. The summed E-state index contributed by atoms with van der Waals surface area (Å²) in [5, 5.41) is 1.21. The fourth-order valence-corrected chi connectivity index (χ4v) is 5.43. The lowest BCUT2D eigenvalue weighted by atomic mass is 10.0. The number of nitrogens with zero attached hydrogens (tertiary/aromatic N) is 4. The summed E-state index contributed by atoms with van der Waals surface area (Å²) in [5.74, 6) is 1.25. The molecule has 0 spiro atoms. The average molecular weight is 444 g/mol. The van der Waals surface area contributed by atoms with Crippen LogP contribution in [-0.2, 0) is 16.0 Å². The van der Waals surface area contributed by atoms with E-state index in [9.17, 15) is 4.79 Å². The predicted octanol–water partition coefficient (Wildman–Crippen LogP) is 4.56. The third-order valence-corrected chi connectivity index (χ3v) is 7.16. The Morgan fingerprint density at radius 2 is 2.00 bits per heavy atom. The monoisotopic (exact) mass is 443 g/mol. The molecule has 2 aliphatic heterocycles. The fourth-order valence-electron chi connectivity index (χ4n) is 5.43. The zero-order chi connectivity index (χ0) is 22.2. The van der Waals surface area contributed by atoms with Crippen LogP contribution < -0.4 is 0 Å². The van der Waals surface area contributed by atoms with E-state index in [1.807, 2.05) is 41.6 Å². The molecule has 2 aliphatic rings. The maximum atomic E-state index is 13.0. The van der Waals surface area contributed by atoms with E-state index >= 15 is 0 Å². The number of hydrogen-bond donors (Lipinski definition) is 1. The summed E-state index contributed by atoms with van der Waals surface area (Å²) in [6, 6.07) is 12.5. The Hall–Kier alpha value is -3.19. The van der Waals surface area contributed by atoms with Gasteiger partial charge in [0.25, 0.3) is 0 Å². The molecule has 1 N–H and O–H groups in total. The van der Waals surface area contributed by atoms with Gasteiger partial charge in [-0.3, -0.25) is 4.79 Å². The number of likely N-dealkylation sites (tertiary alicyclic amines) is 1. The van der Waals surface area contributed by atoms with Crippen molar-refractivity contribution in [3.63, 3.8) is 0 Å². The van der Waals surface area contributed by atoms with Crippen LogP contribution in [0.2, 0.25) is 0 Å². The van der Waals surface area contributed by atoms with Crippen LogP contribution in [0.15, 0.2) is 48.8 Å². The van der Waals surface area contributed by atoms with Crippen LogP contribution in [0.5, 0.6) is 0 Å². The summed E-state index contributed by atoms with van der Waals surface area (Å²) in [6.07, 6.45) is 9.15. The zero-order valence-corrected chi connectivity index (χ0v) is 18.7. The summed E-state index contributed by atoms with van der Waals surface area (Å²) in [5.41, 5.74) is 4.21. The number of ether oxygens (including phenoxy) is 1. The molecular weight excluding hydrogens is 414 g/mol. The molecule has 5 heterocycles. The first-order valence-electron chi connectivity index (χ1n) is 12.0. The molecule has 2 saturated heterocycles. The highest BCUT2D eigenvalue weighted by molar-refractivity contribution is 5.84. The first kappa shape index (κ1) is 20.4. The summed E-state index contributed by atoms with van der Waals surface area (Å²) in [6.45, 7) is 2.34. The van der Waals surface area contributed by atoms with E-state index in [1.54, 1.807) is 0 Å². The number of para-hydroxylation sites is 1. The summed E-state index contributed by atoms with van der Waals surface area (Å²) in [7, 11) is 0. The average Bonchev–Trinajstić information content (AvgIpc) is 3.61. The minimum Gasteiger partial charge on any atom is -0.370 e. The number of aromatic amines is 1. The minimum absolute atomic E-state index is 0.0510. The standard InChI is InChI=1S/C26H29N5O2/c32-24(10-9-18-17-28-21-6-2-1-5-20(18)21)30-14-11-19(12-15-30)31-25-22(7-3-13-27-25)29-26(31)23-8-4-16-33-23/h1-3,5-7,13,17,19,23,28H,4,8-12,14-16H2. The highest BCUT2D eigenvalue weighted by Gasteiger charge is 2.31. The van der Waals surface area contributed by atoms with Gasteiger partial charge in [-0.15, -0.1) is 0 Å². The van der Waals surface area contributed by atoms with Gasteiger partial charge in [0, 0.05) is 55.5 Å². The molecule has 0 saturated carbocycles. The molecule has 1 aromatic carbocycles. The Morgan fingerprint density at radius 3 is 2.85 bits per heavy atom. The van der Waals surface area contributed by atoms with Crippen LogP contribution in [-0.4, -0.2) is 50.0 Å². The van der Waals surface area contributed by atoms with Gasteiger partial charge in [0.2, 0.25) is 5.91 Å². The van der Waals surface area contributed by atoms with Crippen molar-refractivity contribution >= 4 is 28.0 Å². The summed E-state index contributed by atoms with van der Waals surface area (Å²) in [4.78, 5) is 27.9. The van der Waals surface area contributed by atoms with E-state index in [4.69, 9.17) is 9.72 Å². The Balaban J connectivity index is 1.14. The van der Waals surface area contributed by atoms with Crippen LogP contribution in [0, 0.1) is 0 Å². The number of H-pyrrole nitrogens is 1. The number of nitrogens with one attached hydrogen (secondary N) is 1. The lowest BCUT2D eigenvalue weighted by molar-refractivity contribution is -0.132. The number of aromatic nitrogens is 4. The summed E-state index contributed by atoms with van der Waals surface area (Å²) < 4.78 is 8.28. The number of carbonyl (C=O) groups excluding carboxylic acids is 1. The van der Waals surface area contributed by atoms with Gasteiger partial charge in [-0.2, -0.15) is 0 Å². The van der Waals surface area contributed by atoms with E-state index in [2.05, 4.69) is 26.7 Å². The first-order chi connectivity index (χ1) is 16.3. The Kier molecular flexibility index (Phi) is 5.34. The van der Waals surface area contributed by atoms with Crippen molar-refractivity contribution in [1.82, 2.24) is 24.4 Å². The molecule has 6 rings (SSSR count). The van der Waals surface area contributed by atoms with Crippen molar-refractivity contribution < 1.29 is 9.53 Å². The van der Waals surface area contributed by atoms with Crippen LogP contribution in [0.4, 0.5) is 0 Å². The Morgan fingerprint density at radius 1 is 1.12 bits per heavy atom. The zero-order valence-electron chi connectivity index (χ0n) is 18.7. The summed E-state index contributed by atoms with van der Waals surface area (Å²) >= 11 is 0. The lowest BCUT2D eigenvalue weighted by Crippen LogP contribution is -2.39. The highest BCUT2D eigenvalue weighted by Crippen LogP contribution is 2.35. The largest absolute Gasteiger partial charge is 0.370 e. The van der Waals surface area contributed by atoms with Crippen molar-refractivity contribution in [2.24, 2.45) is 0 Å². The van der Waals surface area contributed by atoms with Crippen molar-refractivity contribution in [3.05, 3.63) is 60.2 Å². The number of carbonyl (C=O) groups is 1. The minimum atomic E-state index is 0.0510. The SMILES string of the molecule is O=C(CCc1c[nH]c2ccccc12)N1CCC(n2c(C3CCCO3)nc3cccnc32)CC1. The molecule has 1 unspecified atom stereocenters.